The van der Waals surface area contributed by atoms with Crippen LogP contribution in [-0.4, -0.2) is 30.3 Å². The van der Waals surface area contributed by atoms with Crippen molar-refractivity contribution in [3.8, 4) is 17.2 Å². The van der Waals surface area contributed by atoms with Crippen molar-refractivity contribution in [2.24, 2.45) is 0 Å². The van der Waals surface area contributed by atoms with Crippen molar-refractivity contribution in [3.63, 3.8) is 0 Å². The number of carbonyl (C=O) groups is 1. The number of hydrogen-bond donors (Lipinski definition) is 2. The van der Waals surface area contributed by atoms with Gasteiger partial charge in [0.1, 0.15) is 11.4 Å². The largest absolute Gasteiger partial charge is 0.503 e. The second-order valence-electron chi connectivity index (χ2n) is 5.38. The lowest BCUT2D eigenvalue weighted by atomic mass is 10.1. The van der Waals surface area contributed by atoms with Gasteiger partial charge in [0, 0.05) is 0 Å². The van der Waals surface area contributed by atoms with Gasteiger partial charge in [-0.2, -0.15) is 0 Å². The number of hydrogen-bond acceptors (Lipinski definition) is 5. The molecule has 8 heteroatoms. The van der Waals surface area contributed by atoms with Crippen LogP contribution in [0.3, 0.4) is 0 Å². The number of phenols is 1. The van der Waals surface area contributed by atoms with Crippen LogP contribution in [0.25, 0.3) is 6.08 Å². The lowest BCUT2D eigenvalue weighted by molar-refractivity contribution is -0.113. The number of phenolic OH excluding ortho intramolecular Hbond substituents is 1. The first kappa shape index (κ1) is 18.2. The Bertz CT molecular complexity index is 912. The number of ether oxygens (including phenoxy) is 2. The molecule has 134 valence electrons. The number of amides is 1. The van der Waals surface area contributed by atoms with Gasteiger partial charge in [-0.05, 0) is 76.2 Å². The predicted octanol–water partition coefficient (Wildman–Crippen LogP) is 3.43. The topological polar surface area (TPSA) is 71.0 Å². The number of aromatic hydroxyl groups is 1. The fourth-order valence-corrected chi connectivity index (χ4v) is 3.26. The van der Waals surface area contributed by atoms with Crippen molar-refractivity contribution < 1.29 is 19.4 Å². The summed E-state index contributed by atoms with van der Waals surface area (Å²) in [6, 6.07) is 10.3. The average molecular weight is 435 g/mol. The SMILES string of the molecule is COc1ccc(N2C(=O)/C(=C/c3cc(Br)c(O)c(OC)c3)NC2=S)cc1. The van der Waals surface area contributed by atoms with Crippen LogP contribution in [0.2, 0.25) is 0 Å². The average Bonchev–Trinajstić information content (AvgIpc) is 2.91. The Balaban J connectivity index is 1.93. The van der Waals surface area contributed by atoms with Crippen LogP contribution in [0, 0.1) is 0 Å². The van der Waals surface area contributed by atoms with Gasteiger partial charge >= 0.3 is 0 Å². The molecule has 0 radical (unpaired) electrons. The molecule has 1 fully saturated rings. The van der Waals surface area contributed by atoms with Crippen molar-refractivity contribution >= 4 is 50.9 Å². The molecule has 6 nitrogen and oxygen atoms in total. The van der Waals surface area contributed by atoms with E-state index in [1.54, 1.807) is 49.6 Å². The number of benzene rings is 2. The predicted molar refractivity (Wildman–Crippen MR) is 107 cm³/mol. The van der Waals surface area contributed by atoms with Crippen LogP contribution < -0.4 is 19.7 Å². The van der Waals surface area contributed by atoms with Crippen molar-refractivity contribution in [1.29, 1.82) is 0 Å². The van der Waals surface area contributed by atoms with E-state index in [4.69, 9.17) is 21.7 Å². The first-order chi connectivity index (χ1) is 12.4. The van der Waals surface area contributed by atoms with E-state index in [0.29, 0.717) is 32.9 Å². The third-order valence-corrected chi connectivity index (χ3v) is 4.68. The van der Waals surface area contributed by atoms with Crippen molar-refractivity contribution in [2.45, 2.75) is 0 Å². The van der Waals surface area contributed by atoms with Crippen molar-refractivity contribution in [1.82, 2.24) is 5.32 Å². The van der Waals surface area contributed by atoms with Gasteiger partial charge in [-0.25, -0.2) is 0 Å². The molecule has 26 heavy (non-hydrogen) atoms. The van der Waals surface area contributed by atoms with E-state index in [2.05, 4.69) is 21.2 Å². The molecule has 1 aliphatic rings. The fraction of sp³-hybridized carbons (Fsp3) is 0.111. The fourth-order valence-electron chi connectivity index (χ4n) is 2.50. The summed E-state index contributed by atoms with van der Waals surface area (Å²) in [7, 11) is 3.03. The van der Waals surface area contributed by atoms with E-state index in [-0.39, 0.29) is 16.8 Å². The lowest BCUT2D eigenvalue weighted by Crippen LogP contribution is -2.30. The molecule has 2 aromatic rings. The molecule has 0 aliphatic carbocycles. The van der Waals surface area contributed by atoms with Gasteiger partial charge in [0.25, 0.3) is 5.91 Å². The Morgan fingerprint density at radius 2 is 1.88 bits per heavy atom. The summed E-state index contributed by atoms with van der Waals surface area (Å²) in [4.78, 5) is 14.2. The normalized spacial score (nSPS) is 15.3. The zero-order valence-corrected chi connectivity index (χ0v) is 16.3. The maximum atomic E-state index is 12.8. The number of rotatable bonds is 4. The number of carbonyl (C=O) groups excluding carboxylic acids is 1. The Hall–Kier alpha value is -2.58. The molecule has 2 aromatic carbocycles. The van der Waals surface area contributed by atoms with E-state index in [9.17, 15) is 9.90 Å². The van der Waals surface area contributed by atoms with Crippen LogP contribution >= 0.6 is 28.1 Å². The van der Waals surface area contributed by atoms with Crippen LogP contribution in [0.5, 0.6) is 17.2 Å². The van der Waals surface area contributed by atoms with E-state index < -0.39 is 0 Å². The molecule has 0 aromatic heterocycles. The lowest BCUT2D eigenvalue weighted by Gasteiger charge is -2.14. The number of methoxy groups -OCH3 is 2. The third-order valence-electron chi connectivity index (χ3n) is 3.79. The number of thiocarbonyl (C=S) groups is 1. The summed E-state index contributed by atoms with van der Waals surface area (Å²) in [6.07, 6.45) is 1.64. The molecule has 0 atom stereocenters. The molecular formula is C18H15BrN2O4S. The van der Waals surface area contributed by atoms with Gasteiger partial charge in [0.15, 0.2) is 16.6 Å². The summed E-state index contributed by atoms with van der Waals surface area (Å²) in [5.74, 6) is 0.710. The highest BCUT2D eigenvalue weighted by Gasteiger charge is 2.32. The smallest absolute Gasteiger partial charge is 0.281 e. The molecular weight excluding hydrogens is 420 g/mol. The van der Waals surface area contributed by atoms with Crippen LogP contribution in [0.4, 0.5) is 5.69 Å². The molecule has 2 N–H and O–H groups in total. The summed E-state index contributed by atoms with van der Waals surface area (Å²) >= 11 is 8.56. The highest BCUT2D eigenvalue weighted by molar-refractivity contribution is 9.10. The molecule has 1 heterocycles. The highest BCUT2D eigenvalue weighted by atomic mass is 79.9. The van der Waals surface area contributed by atoms with E-state index in [1.165, 1.54) is 12.0 Å². The second kappa shape index (κ2) is 7.35. The van der Waals surface area contributed by atoms with Gasteiger partial charge in [0.2, 0.25) is 0 Å². The van der Waals surface area contributed by atoms with Crippen LogP contribution in [0.15, 0.2) is 46.6 Å². The third kappa shape index (κ3) is 3.38. The molecule has 0 spiro atoms. The molecule has 1 amide bonds. The molecule has 1 aliphatic heterocycles. The number of nitrogens with one attached hydrogen (secondary N) is 1. The minimum atomic E-state index is -0.275. The molecule has 0 bridgehead atoms. The second-order valence-corrected chi connectivity index (χ2v) is 6.62. The van der Waals surface area contributed by atoms with E-state index in [1.807, 2.05) is 0 Å². The number of halogens is 1. The van der Waals surface area contributed by atoms with Crippen LogP contribution in [-0.2, 0) is 4.79 Å². The first-order valence-corrected chi connectivity index (χ1v) is 8.72. The van der Waals surface area contributed by atoms with Crippen LogP contribution in [0.1, 0.15) is 5.56 Å². The monoisotopic (exact) mass is 434 g/mol. The quantitative estimate of drug-likeness (QED) is 0.567. The Morgan fingerprint density at radius 1 is 1.19 bits per heavy atom. The minimum Gasteiger partial charge on any atom is -0.503 e. The van der Waals surface area contributed by atoms with Crippen molar-refractivity contribution in [3.05, 3.63) is 52.1 Å². The zero-order chi connectivity index (χ0) is 18.8. The van der Waals surface area contributed by atoms with Gasteiger partial charge < -0.3 is 19.9 Å². The molecule has 0 saturated carbocycles. The number of nitrogens with zero attached hydrogens (tertiary/aromatic N) is 1. The Kier molecular flexibility index (Phi) is 5.15. The van der Waals surface area contributed by atoms with Crippen molar-refractivity contribution in [2.75, 3.05) is 19.1 Å². The first-order valence-electron chi connectivity index (χ1n) is 7.52. The van der Waals surface area contributed by atoms with E-state index >= 15 is 0 Å². The van der Waals surface area contributed by atoms with Gasteiger partial charge in [-0.15, -0.1) is 0 Å². The summed E-state index contributed by atoms with van der Waals surface area (Å²) < 4.78 is 10.7. The zero-order valence-electron chi connectivity index (χ0n) is 13.9. The molecule has 0 unspecified atom stereocenters. The highest BCUT2D eigenvalue weighted by Crippen LogP contribution is 2.36. The molecule has 3 rings (SSSR count). The van der Waals surface area contributed by atoms with Gasteiger partial charge in [0.05, 0.1) is 24.4 Å². The summed E-state index contributed by atoms with van der Waals surface area (Å²) in [5, 5.41) is 13.1. The maximum Gasteiger partial charge on any atom is 0.281 e. The Labute approximate surface area is 164 Å². The molecule has 1 saturated heterocycles. The standard InChI is InChI=1S/C18H15BrN2O4S/c1-24-12-5-3-11(4-6-12)21-17(23)14(20-18(21)26)8-10-7-13(19)16(22)15(9-10)25-2/h3-9,22H,1-2H3,(H,20,26)/b14-8-. The minimum absolute atomic E-state index is 0.00395. The maximum absolute atomic E-state index is 12.8. The van der Waals surface area contributed by atoms with E-state index in [0.717, 1.165) is 0 Å². The Morgan fingerprint density at radius 3 is 2.50 bits per heavy atom. The number of anilines is 1. The summed E-state index contributed by atoms with van der Waals surface area (Å²) in [6.45, 7) is 0. The van der Waals surface area contributed by atoms with Gasteiger partial charge in [-0.3, -0.25) is 9.69 Å². The van der Waals surface area contributed by atoms with Gasteiger partial charge in [-0.1, -0.05) is 0 Å². The summed E-state index contributed by atoms with van der Waals surface area (Å²) in [5.41, 5.74) is 1.63.